The Bertz CT molecular complexity index is 1050. The maximum Gasteiger partial charge on any atom is 0.336 e. The van der Waals surface area contributed by atoms with Crippen molar-refractivity contribution in [3.63, 3.8) is 0 Å². The van der Waals surface area contributed by atoms with E-state index in [2.05, 4.69) is 21.2 Å². The van der Waals surface area contributed by atoms with Gasteiger partial charge in [-0.15, -0.1) is 0 Å². The zero-order chi connectivity index (χ0) is 25.0. The fourth-order valence-corrected chi connectivity index (χ4v) is 5.61. The van der Waals surface area contributed by atoms with E-state index >= 15 is 0 Å². The topological polar surface area (TPSA) is 90.9 Å². The Morgan fingerprint density at radius 2 is 2.00 bits per heavy atom. The summed E-state index contributed by atoms with van der Waals surface area (Å²) >= 11 is 5.20. The summed E-state index contributed by atoms with van der Waals surface area (Å²) in [7, 11) is 2.85. The van der Waals surface area contributed by atoms with Crippen LogP contribution in [0.1, 0.15) is 38.7 Å². The highest BCUT2D eigenvalue weighted by atomic mass is 79.9. The Morgan fingerprint density at radius 1 is 1.26 bits per heavy atom. The van der Waals surface area contributed by atoms with Crippen molar-refractivity contribution in [1.82, 2.24) is 5.32 Å². The Balaban J connectivity index is 2.11. The van der Waals surface area contributed by atoms with Crippen molar-refractivity contribution in [2.24, 2.45) is 11.8 Å². The average Bonchev–Trinajstić information content (AvgIpc) is 2.80. The van der Waals surface area contributed by atoms with Crippen LogP contribution in [0.5, 0.6) is 5.75 Å². The Labute approximate surface area is 212 Å². The van der Waals surface area contributed by atoms with E-state index in [0.29, 0.717) is 39.2 Å². The largest absolute Gasteiger partial charge is 0.496 e. The molecule has 0 bridgehead atoms. The van der Waals surface area contributed by atoms with Crippen molar-refractivity contribution >= 4 is 45.4 Å². The third-order valence-electron chi connectivity index (χ3n) is 6.14. The lowest BCUT2D eigenvalue weighted by Crippen LogP contribution is -2.43. The monoisotopic (exact) mass is 551 g/mol. The van der Waals surface area contributed by atoms with Gasteiger partial charge in [0.1, 0.15) is 18.3 Å². The van der Waals surface area contributed by atoms with Gasteiger partial charge in [-0.1, -0.05) is 19.9 Å². The van der Waals surface area contributed by atoms with Gasteiger partial charge in [-0.2, -0.15) is 11.8 Å². The molecule has 2 aliphatic rings. The highest BCUT2D eigenvalue weighted by Gasteiger charge is 2.47. The molecular weight excluding hydrogens is 522 g/mol. The second-order valence-corrected chi connectivity index (χ2v) is 10.5. The van der Waals surface area contributed by atoms with Crippen LogP contribution >= 0.6 is 27.7 Å². The fourth-order valence-electron chi connectivity index (χ4n) is 4.56. The van der Waals surface area contributed by atoms with Gasteiger partial charge in [-0.25, -0.2) is 4.79 Å². The van der Waals surface area contributed by atoms with Crippen LogP contribution < -0.4 is 10.1 Å². The van der Waals surface area contributed by atoms with E-state index in [9.17, 15) is 14.4 Å². The van der Waals surface area contributed by atoms with Crippen molar-refractivity contribution in [3.05, 3.63) is 50.8 Å². The number of halogens is 1. The number of methoxy groups -OCH3 is 2. The third kappa shape index (κ3) is 5.20. The van der Waals surface area contributed by atoms with E-state index in [1.54, 1.807) is 24.9 Å². The summed E-state index contributed by atoms with van der Waals surface area (Å²) in [5.74, 6) is -0.965. The van der Waals surface area contributed by atoms with E-state index in [-0.39, 0.29) is 18.3 Å². The quantitative estimate of drug-likeness (QED) is 0.289. The molecule has 0 radical (unpaired) electrons. The van der Waals surface area contributed by atoms with Crippen LogP contribution in [0.3, 0.4) is 0 Å². The van der Waals surface area contributed by atoms with Gasteiger partial charge >= 0.3 is 11.9 Å². The normalized spacial score (nSPS) is 22.2. The molecule has 0 saturated carbocycles. The molecule has 1 aliphatic heterocycles. The summed E-state index contributed by atoms with van der Waals surface area (Å²) in [4.78, 5) is 39.5. The minimum absolute atomic E-state index is 0.234. The summed E-state index contributed by atoms with van der Waals surface area (Å²) in [6.45, 7) is 5.99. The number of hydrogen-bond acceptors (Lipinski definition) is 8. The third-order valence-corrected chi connectivity index (χ3v) is 7.62. The molecule has 1 N–H and O–H groups in total. The zero-order valence-corrected chi connectivity index (χ0v) is 22.4. The number of Topliss-reactive ketones (excluding diaryl/α,β-unsaturated/α-hetero) is 1. The lowest BCUT2D eigenvalue weighted by molar-refractivity contribution is -0.151. The van der Waals surface area contributed by atoms with Crippen LogP contribution in [0.25, 0.3) is 0 Å². The first kappa shape index (κ1) is 26.3. The van der Waals surface area contributed by atoms with Crippen LogP contribution in [0, 0.1) is 11.8 Å². The van der Waals surface area contributed by atoms with Gasteiger partial charge in [-0.05, 0) is 58.6 Å². The molecule has 1 aromatic rings. The minimum atomic E-state index is -0.925. The SMILES string of the molecule is CCSCCOC(=O)C1=C(C)NC2=C(C(=O)[C@H](C(=O)OC)[C@@H](C)C2)[C@H]1c1ccc(OC)c(Br)c1. The van der Waals surface area contributed by atoms with E-state index in [1.807, 2.05) is 32.9 Å². The Morgan fingerprint density at radius 3 is 2.62 bits per heavy atom. The van der Waals surface area contributed by atoms with Crippen LogP contribution in [-0.2, 0) is 23.9 Å². The van der Waals surface area contributed by atoms with Crippen molar-refractivity contribution in [1.29, 1.82) is 0 Å². The van der Waals surface area contributed by atoms with Crippen LogP contribution in [0.4, 0.5) is 0 Å². The number of thioether (sulfide) groups is 1. The van der Waals surface area contributed by atoms with Crippen LogP contribution in [-0.4, -0.2) is 50.1 Å². The predicted molar refractivity (Wildman–Crippen MR) is 135 cm³/mol. The average molecular weight is 552 g/mol. The number of benzene rings is 1. The molecule has 1 aliphatic carbocycles. The molecule has 9 heteroatoms. The van der Waals surface area contributed by atoms with E-state index in [0.717, 1.165) is 17.0 Å². The van der Waals surface area contributed by atoms with Gasteiger partial charge < -0.3 is 19.5 Å². The predicted octanol–water partition coefficient (Wildman–Crippen LogP) is 4.37. The number of nitrogens with one attached hydrogen (secondary N) is 1. The number of hydrogen-bond donors (Lipinski definition) is 1. The molecule has 0 spiro atoms. The Kier molecular flexibility index (Phi) is 8.87. The van der Waals surface area contributed by atoms with Gasteiger partial charge in [0.2, 0.25) is 0 Å². The molecule has 7 nitrogen and oxygen atoms in total. The maximum atomic E-state index is 13.7. The van der Waals surface area contributed by atoms with Crippen LogP contribution in [0.15, 0.2) is 45.2 Å². The summed E-state index contributed by atoms with van der Waals surface area (Å²) in [6.07, 6.45) is 0.488. The fraction of sp³-hybridized carbons (Fsp3) is 0.480. The number of allylic oxidation sites excluding steroid dienone is 3. The van der Waals surface area contributed by atoms with Gasteiger partial charge in [0.25, 0.3) is 0 Å². The number of dihydropyridines is 1. The minimum Gasteiger partial charge on any atom is -0.496 e. The molecule has 0 fully saturated rings. The summed E-state index contributed by atoms with van der Waals surface area (Å²) in [6, 6.07) is 5.45. The molecule has 3 atom stereocenters. The molecule has 1 aromatic carbocycles. The van der Waals surface area contributed by atoms with Gasteiger partial charge in [0.15, 0.2) is 5.78 Å². The number of esters is 2. The summed E-state index contributed by atoms with van der Waals surface area (Å²) in [5.41, 5.74) is 2.86. The summed E-state index contributed by atoms with van der Waals surface area (Å²) < 4.78 is 16.6. The van der Waals surface area contributed by atoms with E-state index < -0.39 is 23.8 Å². The highest BCUT2D eigenvalue weighted by molar-refractivity contribution is 9.10. The molecule has 184 valence electrons. The molecule has 0 saturated heterocycles. The number of ether oxygens (including phenoxy) is 3. The standard InChI is InChI=1S/C25H30BrNO6S/c1-6-34-10-9-33-25(30)20-14(3)27-17-11-13(2)19(24(29)32-5)23(28)22(17)21(20)15-7-8-18(31-4)16(26)12-15/h7-8,12-13,19,21,27H,6,9-11H2,1-5H3/t13-,19+,21-/m0/s1. The van der Waals surface area contributed by atoms with E-state index in [1.165, 1.54) is 7.11 Å². The number of carbonyl (C=O) groups excluding carboxylic acids is 3. The molecular formula is C25H30BrNO6S. The Hall–Kier alpha value is -2.26. The highest BCUT2D eigenvalue weighted by Crippen LogP contribution is 2.46. The first-order chi connectivity index (χ1) is 16.2. The molecule has 34 heavy (non-hydrogen) atoms. The summed E-state index contributed by atoms with van der Waals surface area (Å²) in [5, 5.41) is 3.27. The second-order valence-electron chi connectivity index (χ2n) is 8.26. The van der Waals surface area contributed by atoms with Gasteiger partial charge in [-0.3, -0.25) is 9.59 Å². The number of ketones is 1. The zero-order valence-electron chi connectivity index (χ0n) is 20.0. The number of rotatable bonds is 8. The van der Waals surface area contributed by atoms with Gasteiger partial charge in [0, 0.05) is 28.6 Å². The molecule has 0 aromatic heterocycles. The second kappa shape index (κ2) is 11.4. The van der Waals surface area contributed by atoms with Crippen molar-refractivity contribution in [2.45, 2.75) is 33.1 Å². The first-order valence-corrected chi connectivity index (χ1v) is 13.1. The lowest BCUT2D eigenvalue weighted by Gasteiger charge is -2.38. The van der Waals surface area contributed by atoms with Crippen molar-refractivity contribution in [3.8, 4) is 5.75 Å². The van der Waals surface area contributed by atoms with Crippen molar-refractivity contribution < 1.29 is 28.6 Å². The van der Waals surface area contributed by atoms with E-state index in [4.69, 9.17) is 14.2 Å². The smallest absolute Gasteiger partial charge is 0.336 e. The first-order valence-electron chi connectivity index (χ1n) is 11.2. The molecule has 0 amide bonds. The lowest BCUT2D eigenvalue weighted by atomic mass is 9.69. The maximum absolute atomic E-state index is 13.7. The molecule has 3 rings (SSSR count). The molecule has 1 heterocycles. The van der Waals surface area contributed by atoms with Crippen molar-refractivity contribution in [2.75, 3.05) is 32.3 Å². The molecule has 0 unspecified atom stereocenters. The van der Waals surface area contributed by atoms with Gasteiger partial charge in [0.05, 0.1) is 24.3 Å². The van der Waals surface area contributed by atoms with Crippen LogP contribution in [0.2, 0.25) is 0 Å². The number of carbonyl (C=O) groups is 3.